The zero-order valence-corrected chi connectivity index (χ0v) is 17.1. The highest BCUT2D eigenvalue weighted by Gasteiger charge is 2.13. The van der Waals surface area contributed by atoms with Crippen LogP contribution in [0.5, 0.6) is 5.75 Å². The van der Waals surface area contributed by atoms with Crippen LogP contribution in [0.3, 0.4) is 0 Å². The predicted molar refractivity (Wildman–Crippen MR) is 109 cm³/mol. The number of aromatic nitrogens is 2. The minimum atomic E-state index is -0.312. The molecule has 1 aromatic carbocycles. The number of benzene rings is 1. The van der Waals surface area contributed by atoms with Gasteiger partial charge in [-0.05, 0) is 54.4 Å². The fourth-order valence-electron chi connectivity index (χ4n) is 2.77. The van der Waals surface area contributed by atoms with Gasteiger partial charge in [0.15, 0.2) is 0 Å². The quantitative estimate of drug-likeness (QED) is 0.572. The van der Waals surface area contributed by atoms with Crippen molar-refractivity contribution in [3.63, 3.8) is 0 Å². The van der Waals surface area contributed by atoms with Crippen molar-refractivity contribution in [3.05, 3.63) is 77.0 Å². The van der Waals surface area contributed by atoms with Gasteiger partial charge < -0.3 is 10.1 Å². The molecule has 0 bridgehead atoms. The first-order valence-electron chi connectivity index (χ1n) is 8.60. The summed E-state index contributed by atoms with van der Waals surface area (Å²) in [6.07, 6.45) is 1.62. The van der Waals surface area contributed by atoms with Gasteiger partial charge in [-0.3, -0.25) is 9.78 Å². The van der Waals surface area contributed by atoms with E-state index in [-0.39, 0.29) is 18.3 Å². The fraction of sp³-hybridized carbons (Fsp3) is 0.190. The standard InChI is InChI=1S/C21H19BrFN3O2/c1-13-7-15(23)3-4-18(13)19-8-14(11-22)9-20(26-19)21(27)25-12-16-10-17(28-2)5-6-24-16/h3-10H,11-12H2,1-2H3,(H,25,27). The molecule has 3 rings (SSSR count). The molecule has 3 aromatic rings. The van der Waals surface area contributed by atoms with Gasteiger partial charge in [0, 0.05) is 23.2 Å². The lowest BCUT2D eigenvalue weighted by Gasteiger charge is -2.11. The molecule has 2 heterocycles. The molecule has 1 amide bonds. The number of alkyl halides is 1. The molecule has 0 aliphatic heterocycles. The van der Waals surface area contributed by atoms with Crippen molar-refractivity contribution in [1.82, 2.24) is 15.3 Å². The number of hydrogen-bond acceptors (Lipinski definition) is 4. The third-order valence-electron chi connectivity index (χ3n) is 4.19. The highest BCUT2D eigenvalue weighted by atomic mass is 79.9. The zero-order valence-electron chi connectivity index (χ0n) is 15.5. The van der Waals surface area contributed by atoms with Crippen LogP contribution in [0, 0.1) is 12.7 Å². The SMILES string of the molecule is COc1ccnc(CNC(=O)c2cc(CBr)cc(-c3ccc(F)cc3C)n2)c1. The van der Waals surface area contributed by atoms with E-state index in [0.29, 0.717) is 28.2 Å². The molecule has 0 spiro atoms. The molecule has 0 unspecified atom stereocenters. The van der Waals surface area contributed by atoms with Gasteiger partial charge in [-0.2, -0.15) is 0 Å². The Morgan fingerprint density at radius 1 is 1.21 bits per heavy atom. The largest absolute Gasteiger partial charge is 0.497 e. The first-order valence-corrected chi connectivity index (χ1v) is 9.73. The van der Waals surface area contributed by atoms with Gasteiger partial charge in [-0.1, -0.05) is 15.9 Å². The van der Waals surface area contributed by atoms with Gasteiger partial charge in [0.1, 0.15) is 17.3 Å². The molecule has 0 saturated carbocycles. The molecule has 0 saturated heterocycles. The summed E-state index contributed by atoms with van der Waals surface area (Å²) in [6.45, 7) is 2.07. The van der Waals surface area contributed by atoms with Gasteiger partial charge in [0.05, 0.1) is 25.0 Å². The Labute approximate surface area is 171 Å². The summed E-state index contributed by atoms with van der Waals surface area (Å²) in [5.41, 5.74) is 4.04. The van der Waals surface area contributed by atoms with Gasteiger partial charge in [0.2, 0.25) is 0 Å². The molecular formula is C21H19BrFN3O2. The minimum Gasteiger partial charge on any atom is -0.497 e. The monoisotopic (exact) mass is 443 g/mol. The molecular weight excluding hydrogens is 425 g/mol. The number of pyridine rings is 2. The van der Waals surface area contributed by atoms with Crippen LogP contribution in [0.15, 0.2) is 48.7 Å². The molecule has 0 aliphatic rings. The van der Waals surface area contributed by atoms with Crippen molar-refractivity contribution in [2.75, 3.05) is 7.11 Å². The average Bonchev–Trinajstić information content (AvgIpc) is 2.71. The number of carbonyl (C=O) groups excluding carboxylic acids is 1. The van der Waals surface area contributed by atoms with E-state index in [1.165, 1.54) is 12.1 Å². The maximum absolute atomic E-state index is 13.4. The molecule has 144 valence electrons. The van der Waals surface area contributed by atoms with Crippen LogP contribution in [-0.2, 0) is 11.9 Å². The molecule has 0 fully saturated rings. The second-order valence-corrected chi connectivity index (χ2v) is 6.77. The number of ether oxygens (including phenoxy) is 1. The van der Waals surface area contributed by atoms with E-state index in [1.54, 1.807) is 37.6 Å². The van der Waals surface area contributed by atoms with Crippen molar-refractivity contribution in [2.45, 2.75) is 18.8 Å². The molecule has 7 heteroatoms. The maximum atomic E-state index is 13.4. The molecule has 0 atom stereocenters. The normalized spacial score (nSPS) is 10.6. The van der Waals surface area contributed by atoms with Gasteiger partial charge in [0.25, 0.3) is 5.91 Å². The Morgan fingerprint density at radius 2 is 2.04 bits per heavy atom. The van der Waals surface area contributed by atoms with Crippen LogP contribution in [0.2, 0.25) is 0 Å². The summed E-state index contributed by atoms with van der Waals surface area (Å²) in [5, 5.41) is 3.40. The van der Waals surface area contributed by atoms with Gasteiger partial charge in [-0.25, -0.2) is 9.37 Å². The molecule has 5 nitrogen and oxygen atoms in total. The first kappa shape index (κ1) is 19.9. The number of methoxy groups -OCH3 is 1. The number of halogens is 2. The first-order chi connectivity index (χ1) is 13.5. The van der Waals surface area contributed by atoms with Crippen LogP contribution >= 0.6 is 15.9 Å². The predicted octanol–water partition coefficient (Wildman–Crippen LogP) is 4.42. The molecule has 2 aromatic heterocycles. The van der Waals surface area contributed by atoms with Crippen LogP contribution in [0.4, 0.5) is 4.39 Å². The second kappa shape index (κ2) is 8.93. The van der Waals surface area contributed by atoms with Crippen LogP contribution in [-0.4, -0.2) is 23.0 Å². The Morgan fingerprint density at radius 3 is 2.75 bits per heavy atom. The summed E-state index contributed by atoms with van der Waals surface area (Å²) < 4.78 is 18.6. The van der Waals surface area contributed by atoms with Crippen molar-refractivity contribution in [1.29, 1.82) is 0 Å². The number of carbonyl (C=O) groups is 1. The van der Waals surface area contributed by atoms with E-state index < -0.39 is 0 Å². The zero-order chi connectivity index (χ0) is 20.1. The van der Waals surface area contributed by atoms with Crippen LogP contribution in [0.1, 0.15) is 27.3 Å². The Bertz CT molecular complexity index is 1010. The summed E-state index contributed by atoms with van der Waals surface area (Å²) in [7, 11) is 1.58. The third kappa shape index (κ3) is 4.72. The number of nitrogens with zero attached hydrogens (tertiary/aromatic N) is 2. The van der Waals surface area contributed by atoms with Crippen molar-refractivity contribution in [2.24, 2.45) is 0 Å². The average molecular weight is 444 g/mol. The molecule has 0 radical (unpaired) electrons. The van der Waals surface area contributed by atoms with E-state index in [1.807, 2.05) is 13.0 Å². The lowest BCUT2D eigenvalue weighted by molar-refractivity contribution is 0.0945. The molecule has 1 N–H and O–H groups in total. The number of aryl methyl sites for hydroxylation is 1. The van der Waals surface area contributed by atoms with Gasteiger partial charge in [-0.15, -0.1) is 0 Å². The number of amides is 1. The van der Waals surface area contributed by atoms with Crippen LogP contribution < -0.4 is 10.1 Å². The number of hydrogen-bond donors (Lipinski definition) is 1. The molecule has 28 heavy (non-hydrogen) atoms. The molecule has 0 aliphatic carbocycles. The summed E-state index contributed by atoms with van der Waals surface area (Å²) in [6, 6.07) is 11.6. The highest BCUT2D eigenvalue weighted by Crippen LogP contribution is 2.24. The van der Waals surface area contributed by atoms with Crippen molar-refractivity contribution < 1.29 is 13.9 Å². The van der Waals surface area contributed by atoms with E-state index in [0.717, 1.165) is 16.7 Å². The lowest BCUT2D eigenvalue weighted by Crippen LogP contribution is -2.24. The number of nitrogens with one attached hydrogen (secondary N) is 1. The van der Waals surface area contributed by atoms with Crippen molar-refractivity contribution in [3.8, 4) is 17.0 Å². The third-order valence-corrected chi connectivity index (χ3v) is 4.84. The summed E-state index contributed by atoms with van der Waals surface area (Å²) in [5.74, 6) is 0.0582. The van der Waals surface area contributed by atoms with Gasteiger partial charge >= 0.3 is 0 Å². The Balaban J connectivity index is 1.85. The Kier molecular flexibility index (Phi) is 6.36. The lowest BCUT2D eigenvalue weighted by atomic mass is 10.0. The van der Waals surface area contributed by atoms with E-state index >= 15 is 0 Å². The van der Waals surface area contributed by atoms with Crippen molar-refractivity contribution >= 4 is 21.8 Å². The minimum absolute atomic E-state index is 0.251. The maximum Gasteiger partial charge on any atom is 0.270 e. The highest BCUT2D eigenvalue weighted by molar-refractivity contribution is 9.08. The van der Waals surface area contributed by atoms with Crippen LogP contribution in [0.25, 0.3) is 11.3 Å². The van der Waals surface area contributed by atoms with E-state index in [2.05, 4.69) is 31.2 Å². The second-order valence-electron chi connectivity index (χ2n) is 6.21. The fourth-order valence-corrected chi connectivity index (χ4v) is 3.10. The van der Waals surface area contributed by atoms with E-state index in [4.69, 9.17) is 4.74 Å². The van der Waals surface area contributed by atoms with E-state index in [9.17, 15) is 9.18 Å². The summed E-state index contributed by atoms with van der Waals surface area (Å²) >= 11 is 3.43. The summed E-state index contributed by atoms with van der Waals surface area (Å²) in [4.78, 5) is 21.4. The number of rotatable bonds is 6. The topological polar surface area (TPSA) is 64.1 Å². The smallest absolute Gasteiger partial charge is 0.270 e. The Hall–Kier alpha value is -2.80.